The van der Waals surface area contributed by atoms with Crippen molar-refractivity contribution < 1.29 is 14.3 Å². The molecule has 1 fully saturated rings. The summed E-state index contributed by atoms with van der Waals surface area (Å²) < 4.78 is 11.7. The summed E-state index contributed by atoms with van der Waals surface area (Å²) in [4.78, 5) is 12.2. The van der Waals surface area contributed by atoms with E-state index in [4.69, 9.17) is 9.47 Å². The monoisotopic (exact) mass is 580 g/mol. The van der Waals surface area contributed by atoms with E-state index in [0.717, 1.165) is 59.5 Å². The first-order valence-electron chi connectivity index (χ1n) is 15.7. The average Bonchev–Trinajstić information content (AvgIpc) is 3.01. The lowest BCUT2D eigenvalue weighted by atomic mass is 9.68. The molecule has 3 N–H and O–H groups in total. The van der Waals surface area contributed by atoms with Crippen LogP contribution < -0.4 is 20.7 Å². The molecule has 1 heterocycles. The minimum absolute atomic E-state index is 0.144. The van der Waals surface area contributed by atoms with Crippen molar-refractivity contribution in [2.45, 2.75) is 89.5 Å². The van der Waals surface area contributed by atoms with E-state index in [0.29, 0.717) is 18.9 Å². The second kappa shape index (κ2) is 14.4. The number of rotatable bonds is 8. The molecule has 5 rings (SSSR count). The molecule has 1 amide bonds. The Bertz CT molecular complexity index is 1410. The van der Waals surface area contributed by atoms with Crippen LogP contribution in [0.25, 0.3) is 0 Å². The number of hydrogen-bond acceptors (Lipinski definition) is 6. The van der Waals surface area contributed by atoms with Gasteiger partial charge in [-0.3, -0.25) is 4.79 Å². The maximum atomic E-state index is 12.2. The zero-order valence-corrected chi connectivity index (χ0v) is 25.5. The van der Waals surface area contributed by atoms with Crippen LogP contribution in [0.3, 0.4) is 0 Å². The van der Waals surface area contributed by atoms with Crippen LogP contribution in [0.5, 0.6) is 5.75 Å². The standard InChI is InChI=1S/C36H44N4O3/c1-26(41)38-33-22-31-34(20-28(33)25-42-2)40-36(18-11-6-4-3-5-7-12-19-36)32(23-37)35(31)39-29-16-13-17-30(21-29)43-24-27-14-9-8-10-15-27/h8-10,13-17,20-22,32,35,39-40H,3-7,11-12,18-19,24-25H2,1-2H3,(H,38,41). The third-order valence-corrected chi connectivity index (χ3v) is 8.82. The Morgan fingerprint density at radius 2 is 1.67 bits per heavy atom. The van der Waals surface area contributed by atoms with Gasteiger partial charge in [0.1, 0.15) is 12.4 Å². The molecule has 0 aromatic heterocycles. The van der Waals surface area contributed by atoms with Gasteiger partial charge in [0, 0.05) is 48.3 Å². The van der Waals surface area contributed by atoms with Gasteiger partial charge in [0.2, 0.25) is 5.91 Å². The van der Waals surface area contributed by atoms with E-state index in [1.807, 2.05) is 48.5 Å². The van der Waals surface area contributed by atoms with Crippen LogP contribution in [0.2, 0.25) is 0 Å². The van der Waals surface area contributed by atoms with E-state index in [1.54, 1.807) is 7.11 Å². The Labute approximate surface area is 256 Å². The number of nitriles is 1. The number of nitrogens with zero attached hydrogens (tertiary/aromatic N) is 1. The second-order valence-electron chi connectivity index (χ2n) is 12.0. The van der Waals surface area contributed by atoms with Gasteiger partial charge in [-0.2, -0.15) is 5.26 Å². The zero-order valence-electron chi connectivity index (χ0n) is 25.5. The molecule has 0 bridgehead atoms. The smallest absolute Gasteiger partial charge is 0.221 e. The third-order valence-electron chi connectivity index (χ3n) is 8.82. The number of ether oxygens (including phenoxy) is 2. The van der Waals surface area contributed by atoms with Crippen molar-refractivity contribution in [3.05, 3.63) is 83.4 Å². The van der Waals surface area contributed by atoms with Gasteiger partial charge < -0.3 is 25.4 Å². The van der Waals surface area contributed by atoms with Crippen LogP contribution >= 0.6 is 0 Å². The van der Waals surface area contributed by atoms with Gasteiger partial charge >= 0.3 is 0 Å². The molecular formula is C36H44N4O3. The number of anilines is 3. The van der Waals surface area contributed by atoms with E-state index < -0.39 is 0 Å². The van der Waals surface area contributed by atoms with Crippen molar-refractivity contribution in [3.63, 3.8) is 0 Å². The summed E-state index contributed by atoms with van der Waals surface area (Å²) in [6, 6.07) is 24.7. The fourth-order valence-corrected chi connectivity index (χ4v) is 6.73. The first kappa shape index (κ1) is 30.4. The quantitative estimate of drug-likeness (QED) is 0.248. The van der Waals surface area contributed by atoms with Gasteiger partial charge in [-0.15, -0.1) is 0 Å². The van der Waals surface area contributed by atoms with Gasteiger partial charge in [0.05, 0.1) is 30.2 Å². The van der Waals surface area contributed by atoms with Crippen molar-refractivity contribution in [1.82, 2.24) is 0 Å². The summed E-state index contributed by atoms with van der Waals surface area (Å²) in [6.45, 7) is 2.36. The summed E-state index contributed by atoms with van der Waals surface area (Å²) in [5.41, 5.74) is 5.21. The normalized spacial score (nSPS) is 19.7. The molecule has 2 unspecified atom stereocenters. The fourth-order valence-electron chi connectivity index (χ4n) is 6.73. The number of amides is 1. The van der Waals surface area contributed by atoms with Gasteiger partial charge in [0.15, 0.2) is 0 Å². The number of carbonyl (C=O) groups is 1. The minimum atomic E-state index is -0.363. The van der Waals surface area contributed by atoms with Crippen LogP contribution in [0.1, 0.15) is 87.4 Å². The van der Waals surface area contributed by atoms with E-state index in [9.17, 15) is 10.1 Å². The van der Waals surface area contributed by atoms with E-state index >= 15 is 0 Å². The van der Waals surface area contributed by atoms with Crippen molar-refractivity contribution in [3.8, 4) is 11.8 Å². The molecule has 1 spiro atoms. The van der Waals surface area contributed by atoms with Gasteiger partial charge in [-0.05, 0) is 42.7 Å². The molecule has 0 saturated heterocycles. The van der Waals surface area contributed by atoms with Crippen LogP contribution in [-0.4, -0.2) is 18.6 Å². The molecule has 1 aliphatic carbocycles. The van der Waals surface area contributed by atoms with Crippen molar-refractivity contribution in [2.24, 2.45) is 5.92 Å². The summed E-state index contributed by atoms with van der Waals surface area (Å²) >= 11 is 0. The lowest BCUT2D eigenvalue weighted by Gasteiger charge is -2.48. The first-order chi connectivity index (χ1) is 21.0. The van der Waals surface area contributed by atoms with Gasteiger partial charge in [0.25, 0.3) is 0 Å². The zero-order chi connectivity index (χ0) is 30.1. The number of methoxy groups -OCH3 is 1. The first-order valence-corrected chi connectivity index (χ1v) is 15.7. The number of hydrogen-bond donors (Lipinski definition) is 3. The average molecular weight is 581 g/mol. The molecule has 7 heteroatoms. The summed E-state index contributed by atoms with van der Waals surface area (Å²) in [5, 5.41) is 21.5. The van der Waals surface area contributed by atoms with Crippen LogP contribution in [0.4, 0.5) is 17.1 Å². The minimum Gasteiger partial charge on any atom is -0.489 e. The fraction of sp³-hybridized carbons (Fsp3) is 0.444. The molecule has 7 nitrogen and oxygen atoms in total. The van der Waals surface area contributed by atoms with E-state index in [-0.39, 0.29) is 23.4 Å². The topological polar surface area (TPSA) is 95.4 Å². The predicted octanol–water partition coefficient (Wildman–Crippen LogP) is 8.35. The Balaban J connectivity index is 1.53. The highest BCUT2D eigenvalue weighted by Gasteiger charge is 2.48. The SMILES string of the molecule is COCc1cc2c(cc1NC(C)=O)C(Nc1cccc(OCc3ccccc3)c1)C(C#N)C1(CCCCCCCCC1)N2. The predicted molar refractivity (Wildman–Crippen MR) is 172 cm³/mol. The maximum absolute atomic E-state index is 12.2. The lowest BCUT2D eigenvalue weighted by molar-refractivity contribution is -0.114. The number of fused-ring (bicyclic) bond motifs is 1. The highest BCUT2D eigenvalue weighted by atomic mass is 16.5. The molecule has 226 valence electrons. The van der Waals surface area contributed by atoms with Gasteiger partial charge in [-0.25, -0.2) is 0 Å². The largest absolute Gasteiger partial charge is 0.489 e. The molecule has 1 saturated carbocycles. The molecule has 43 heavy (non-hydrogen) atoms. The Morgan fingerprint density at radius 1 is 0.953 bits per heavy atom. The van der Waals surface area contributed by atoms with Crippen molar-refractivity contribution in [2.75, 3.05) is 23.1 Å². The molecule has 2 aliphatic rings. The lowest BCUT2D eigenvalue weighted by Crippen LogP contribution is -2.52. The van der Waals surface area contributed by atoms with Gasteiger partial charge in [-0.1, -0.05) is 81.3 Å². The molecule has 0 radical (unpaired) electrons. The van der Waals surface area contributed by atoms with E-state index in [2.05, 4.69) is 40.2 Å². The Kier molecular flexibility index (Phi) is 10.2. The Morgan fingerprint density at radius 3 is 2.35 bits per heavy atom. The molecule has 2 atom stereocenters. The molecule has 3 aromatic rings. The van der Waals surface area contributed by atoms with Crippen LogP contribution in [0, 0.1) is 17.2 Å². The second-order valence-corrected chi connectivity index (χ2v) is 12.0. The number of carbonyl (C=O) groups excluding carboxylic acids is 1. The van der Waals surface area contributed by atoms with Crippen LogP contribution in [0.15, 0.2) is 66.7 Å². The summed E-state index contributed by atoms with van der Waals surface area (Å²) in [5.74, 6) is 0.292. The van der Waals surface area contributed by atoms with Crippen LogP contribution in [-0.2, 0) is 22.7 Å². The third kappa shape index (κ3) is 7.50. The number of benzene rings is 3. The summed E-state index contributed by atoms with van der Waals surface area (Å²) in [6.07, 6.45) is 10.2. The molecule has 3 aromatic carbocycles. The summed E-state index contributed by atoms with van der Waals surface area (Å²) in [7, 11) is 1.66. The molecule has 1 aliphatic heterocycles. The van der Waals surface area contributed by atoms with Crippen molar-refractivity contribution in [1.29, 1.82) is 5.26 Å². The number of nitrogens with one attached hydrogen (secondary N) is 3. The highest BCUT2D eigenvalue weighted by Crippen LogP contribution is 2.49. The highest BCUT2D eigenvalue weighted by molar-refractivity contribution is 5.90. The Hall–Kier alpha value is -4.02. The van der Waals surface area contributed by atoms with Crippen molar-refractivity contribution >= 4 is 23.0 Å². The molecular weight excluding hydrogens is 536 g/mol. The maximum Gasteiger partial charge on any atom is 0.221 e. The van der Waals surface area contributed by atoms with E-state index in [1.165, 1.54) is 39.0 Å².